The van der Waals surface area contributed by atoms with Gasteiger partial charge >= 0.3 is 27.4 Å². The van der Waals surface area contributed by atoms with Gasteiger partial charge in [-0.2, -0.15) is 4.98 Å². The molecule has 0 amide bonds. The van der Waals surface area contributed by atoms with E-state index in [0.717, 1.165) is 31.4 Å². The Bertz CT molecular complexity index is 2330. The Hall–Kier alpha value is -4.50. The van der Waals surface area contributed by atoms with Crippen LogP contribution < -0.4 is 27.2 Å². The number of nitrogen functional groups attached to an aromatic ring is 2. The highest BCUT2D eigenvalue weighted by Crippen LogP contribution is 2.54. The maximum atomic E-state index is 14.8. The van der Waals surface area contributed by atoms with Gasteiger partial charge in [0.15, 0.2) is 35.1 Å². The zero-order chi connectivity index (χ0) is 41.0. The molecule has 0 radical (unpaired) electrons. The zero-order valence-corrected chi connectivity index (χ0v) is 32.1. The fourth-order valence-electron chi connectivity index (χ4n) is 6.39. The van der Waals surface area contributed by atoms with Crippen molar-refractivity contribution in [2.45, 2.75) is 75.0 Å². The number of aromatic amines is 1. The number of rotatable bonds is 8. The van der Waals surface area contributed by atoms with Crippen molar-refractivity contribution >= 4 is 61.5 Å². The third kappa shape index (κ3) is 7.76. The minimum atomic E-state index is -4.87. The Morgan fingerprint density at radius 3 is 2.04 bits per heavy atom. The molecule has 0 spiro atoms. The number of anilines is 2. The maximum absolute atomic E-state index is 14.8. The van der Waals surface area contributed by atoms with E-state index in [1.165, 1.54) is 24.7 Å². The predicted molar refractivity (Wildman–Crippen MR) is 188 cm³/mol. The first kappa shape index (κ1) is 40.7. The Morgan fingerprint density at radius 2 is 1.40 bits per heavy atom. The molecule has 7 heterocycles. The second-order valence-corrected chi connectivity index (χ2v) is 16.4. The van der Waals surface area contributed by atoms with Crippen molar-refractivity contribution in [1.82, 2.24) is 49.2 Å². The normalized spacial score (nSPS) is 33.2. The van der Waals surface area contributed by atoms with E-state index >= 15 is 0 Å². The van der Waals surface area contributed by atoms with Crippen molar-refractivity contribution in [3.05, 3.63) is 29.3 Å². The van der Waals surface area contributed by atoms with Crippen LogP contribution in [0.15, 0.2) is 23.8 Å². The van der Waals surface area contributed by atoms with Crippen LogP contribution in [-0.2, 0) is 55.8 Å². The fraction of sp³-hybridized carbons (Fsp3) is 0.571. The van der Waals surface area contributed by atoms with Gasteiger partial charge in [0, 0.05) is 0 Å². The van der Waals surface area contributed by atoms with E-state index in [1.54, 1.807) is 0 Å². The quantitative estimate of drug-likeness (QED) is 0.0743. The molecule has 0 aliphatic carbocycles. The number of carbonyl (C=O) groups excluding carboxylic acids is 2. The van der Waals surface area contributed by atoms with Gasteiger partial charge in [-0.3, -0.25) is 46.6 Å². The van der Waals surface area contributed by atoms with Crippen molar-refractivity contribution in [2.24, 2.45) is 0 Å². The van der Waals surface area contributed by atoms with Gasteiger partial charge in [-0.05, 0) is 13.8 Å². The van der Waals surface area contributed by atoms with Crippen LogP contribution in [0.5, 0.6) is 0 Å². The third-order valence-corrected chi connectivity index (χ3v) is 12.6. The molecule has 4 aromatic rings. The molecule has 6 unspecified atom stereocenters. The van der Waals surface area contributed by atoms with Crippen molar-refractivity contribution in [3.8, 4) is 0 Å². The van der Waals surface area contributed by atoms with Gasteiger partial charge in [-0.15, -0.1) is 0 Å². The van der Waals surface area contributed by atoms with Gasteiger partial charge in [0.05, 0.1) is 40.1 Å². The molecule has 3 fully saturated rings. The van der Waals surface area contributed by atoms with E-state index in [9.17, 15) is 33.7 Å². The minimum absolute atomic E-state index is 0.0169. The molecule has 3 aliphatic rings. The van der Waals surface area contributed by atoms with Crippen LogP contribution in [0.1, 0.15) is 26.3 Å². The fourth-order valence-corrected chi connectivity index (χ4v) is 9.75. The van der Waals surface area contributed by atoms with E-state index in [0.29, 0.717) is 0 Å². The number of imidazole rings is 2. The molecule has 9 N–H and O–H groups in total. The van der Waals surface area contributed by atoms with Gasteiger partial charge in [0.2, 0.25) is 5.95 Å². The van der Waals surface area contributed by atoms with Gasteiger partial charge in [-0.1, -0.05) is 0 Å². The summed E-state index contributed by atoms with van der Waals surface area (Å²) in [6, 6.07) is -2.70. The van der Waals surface area contributed by atoms with E-state index < -0.39 is 107 Å². The number of aromatic nitrogens is 8. The van der Waals surface area contributed by atoms with Crippen LogP contribution in [-0.4, -0.2) is 137 Å². The molecule has 3 aliphatic heterocycles. The second kappa shape index (κ2) is 15.7. The number of methoxy groups -OCH3 is 2. The molecule has 310 valence electrons. The van der Waals surface area contributed by atoms with E-state index in [1.807, 2.05) is 0 Å². The molecule has 29 heteroatoms. The SMILES string of the molecule is COC(=O)C(C)NP1(=O)OC[C@H]2O[C@@H](n3cnc4c(=O)[nH]c(N)nc43)[C@@H](OP(=O)(NC(C)C(=O)OC)OC[C@H]3O[C@@H](n4cnc5c(N)ncnc54)C(O)[C@H]3O1)C2O. The highest BCUT2D eigenvalue weighted by atomic mass is 31.2. The largest absolute Gasteiger partial charge is 0.468 e. The average Bonchev–Trinajstić information content (AvgIpc) is 3.94. The van der Waals surface area contributed by atoms with E-state index in [2.05, 4.69) is 40.1 Å². The lowest BCUT2D eigenvalue weighted by atomic mass is 10.1. The van der Waals surface area contributed by atoms with Crippen molar-refractivity contribution < 1.29 is 66.0 Å². The maximum Gasteiger partial charge on any atom is 0.406 e. The number of fused-ring (bicyclic) bond motifs is 5. The number of ether oxygens (including phenoxy) is 4. The second-order valence-electron chi connectivity index (χ2n) is 12.9. The number of nitrogens with two attached hydrogens (primary N) is 2. The van der Waals surface area contributed by atoms with Gasteiger partial charge < -0.3 is 40.6 Å². The number of aliphatic hydroxyl groups excluding tert-OH is 2. The molecular formula is C28H38N12O15P2. The van der Waals surface area contributed by atoms with Crippen LogP contribution in [0.2, 0.25) is 0 Å². The first-order valence-electron chi connectivity index (χ1n) is 16.9. The number of nitrogens with one attached hydrogen (secondary N) is 3. The standard InChI is InChI=1S/C28H38N12O15P2/c1-10(26(44)48-3)37-56(46)50-5-12-16(41)19(25(52-12)40-9-34-15-22(40)35-28(30)36-23(15)43)55-57(47,38-11(2)27(45)49-4)51-6-13-18(54-56)17(42)24(53-13)39-8-33-14-20(29)31-7-32-21(14)39/h7-13,16-19,24-25,41-42H,5-6H2,1-4H3,(H,37,46)(H,38,47)(H2,29,31,32)(H3,30,35,36,43)/t10?,11?,12-,13-,16?,17?,18+,19+,24-,25-,56?,57?/m1/s1. The smallest absolute Gasteiger partial charge is 0.406 e. The summed E-state index contributed by atoms with van der Waals surface area (Å²) in [5.74, 6) is -2.05. The van der Waals surface area contributed by atoms with Crippen molar-refractivity contribution in [3.63, 3.8) is 0 Å². The zero-order valence-electron chi connectivity index (χ0n) is 30.3. The molecule has 0 aromatic carbocycles. The van der Waals surface area contributed by atoms with Gasteiger partial charge in [0.25, 0.3) is 5.56 Å². The van der Waals surface area contributed by atoms with Crippen LogP contribution in [0, 0.1) is 0 Å². The highest BCUT2D eigenvalue weighted by Gasteiger charge is 2.55. The molecule has 27 nitrogen and oxygen atoms in total. The molecule has 2 bridgehead atoms. The van der Waals surface area contributed by atoms with Gasteiger partial charge in [0.1, 0.15) is 60.6 Å². The summed E-state index contributed by atoms with van der Waals surface area (Å²) in [6.07, 6.45) is -9.37. The number of H-pyrrole nitrogens is 1. The summed E-state index contributed by atoms with van der Waals surface area (Å²) in [5, 5.41) is 28.3. The minimum Gasteiger partial charge on any atom is -0.468 e. The monoisotopic (exact) mass is 844 g/mol. The molecule has 4 aromatic heterocycles. The number of hydrogen-bond donors (Lipinski definition) is 7. The first-order chi connectivity index (χ1) is 27.0. The molecule has 0 saturated carbocycles. The van der Waals surface area contributed by atoms with Gasteiger partial charge in [-0.25, -0.2) is 39.2 Å². The number of aliphatic hydroxyl groups is 2. The van der Waals surface area contributed by atoms with Crippen molar-refractivity contribution in [1.29, 1.82) is 0 Å². The Morgan fingerprint density at radius 1 is 0.842 bits per heavy atom. The molecule has 7 rings (SSSR count). The first-order valence-corrected chi connectivity index (χ1v) is 20.0. The van der Waals surface area contributed by atoms with Crippen LogP contribution >= 0.6 is 15.5 Å². The van der Waals surface area contributed by atoms with E-state index in [-0.39, 0.29) is 34.1 Å². The van der Waals surface area contributed by atoms with Crippen LogP contribution in [0.4, 0.5) is 11.8 Å². The summed E-state index contributed by atoms with van der Waals surface area (Å²) in [6.45, 7) is 1.00. The molecular weight excluding hydrogens is 806 g/mol. The lowest BCUT2D eigenvalue weighted by Gasteiger charge is -2.30. The van der Waals surface area contributed by atoms with E-state index in [4.69, 9.17) is 48.5 Å². The Kier molecular flexibility index (Phi) is 11.2. The highest BCUT2D eigenvalue weighted by molar-refractivity contribution is 7.52. The molecule has 12 atom stereocenters. The summed E-state index contributed by atoms with van der Waals surface area (Å²) in [7, 11) is -7.51. The number of hydrogen-bond acceptors (Lipinski definition) is 22. The number of carbonyl (C=O) groups is 2. The predicted octanol–water partition coefficient (Wildman–Crippen LogP) is -2.02. The number of esters is 2. The van der Waals surface area contributed by atoms with Crippen molar-refractivity contribution in [2.75, 3.05) is 38.9 Å². The third-order valence-electron chi connectivity index (χ3n) is 9.16. The lowest BCUT2D eigenvalue weighted by Crippen LogP contribution is -2.41. The number of nitrogens with zero attached hydrogens (tertiary/aromatic N) is 7. The summed E-state index contributed by atoms with van der Waals surface area (Å²) in [5.41, 5.74) is 11.0. The topological polar surface area (TPSA) is 366 Å². The van der Waals surface area contributed by atoms with Crippen LogP contribution in [0.25, 0.3) is 22.3 Å². The molecule has 3 saturated heterocycles. The Balaban J connectivity index is 1.31. The van der Waals surface area contributed by atoms with Crippen LogP contribution in [0.3, 0.4) is 0 Å². The summed E-state index contributed by atoms with van der Waals surface area (Å²) in [4.78, 5) is 60.4. The molecule has 57 heavy (non-hydrogen) atoms. The average molecular weight is 845 g/mol. The summed E-state index contributed by atoms with van der Waals surface area (Å²) >= 11 is 0. The Labute approximate surface area is 319 Å². The lowest BCUT2D eigenvalue weighted by molar-refractivity contribution is -0.143. The summed E-state index contributed by atoms with van der Waals surface area (Å²) < 4.78 is 77.3.